The summed E-state index contributed by atoms with van der Waals surface area (Å²) in [5, 5.41) is 15.0. The zero-order valence-electron chi connectivity index (χ0n) is 17.0. The quantitative estimate of drug-likeness (QED) is 0.632. The van der Waals surface area contributed by atoms with Gasteiger partial charge in [0.15, 0.2) is 0 Å². The molecule has 3 aromatic carbocycles. The van der Waals surface area contributed by atoms with Crippen LogP contribution in [0.15, 0.2) is 60.7 Å². The smallest absolute Gasteiger partial charge is 0.338 e. The second-order valence-electron chi connectivity index (χ2n) is 7.60. The molecule has 7 heteroatoms. The van der Waals surface area contributed by atoms with Crippen molar-refractivity contribution in [1.29, 1.82) is 0 Å². The molecule has 2 N–H and O–H groups in total. The van der Waals surface area contributed by atoms with Crippen molar-refractivity contribution in [2.75, 3.05) is 24.6 Å². The molecule has 160 valence electrons. The number of hydrogen-bond donors (Lipinski definition) is 2. The van der Waals surface area contributed by atoms with E-state index in [0.717, 1.165) is 6.07 Å². The fraction of sp³-hybridized carbons (Fsp3) is 0.250. The van der Waals surface area contributed by atoms with E-state index in [1.807, 2.05) is 18.2 Å². The van der Waals surface area contributed by atoms with Gasteiger partial charge in [-0.05, 0) is 41.5 Å². The predicted octanol–water partition coefficient (Wildman–Crippen LogP) is 3.76. The average molecular weight is 422 g/mol. The van der Waals surface area contributed by atoms with Crippen LogP contribution in [0.5, 0.6) is 0 Å². The third-order valence-corrected chi connectivity index (χ3v) is 5.56. The van der Waals surface area contributed by atoms with Crippen LogP contribution in [-0.2, 0) is 9.53 Å². The number of fused-ring (bicyclic) bond motifs is 1. The highest BCUT2D eigenvalue weighted by Gasteiger charge is 2.28. The Labute approximate surface area is 179 Å². The number of carboxylic acids is 1. The fourth-order valence-electron chi connectivity index (χ4n) is 3.89. The number of morpholine rings is 1. The average Bonchev–Trinajstić information content (AvgIpc) is 2.78. The topological polar surface area (TPSA) is 78.9 Å². The first-order chi connectivity index (χ1) is 14.9. The number of carboxylic acid groups (broad SMARTS) is 1. The maximum absolute atomic E-state index is 13.7. The molecule has 1 fully saturated rings. The highest BCUT2D eigenvalue weighted by molar-refractivity contribution is 5.97. The van der Waals surface area contributed by atoms with Crippen LogP contribution in [0, 0.1) is 5.82 Å². The summed E-state index contributed by atoms with van der Waals surface area (Å²) >= 11 is 0. The van der Waals surface area contributed by atoms with E-state index in [4.69, 9.17) is 9.84 Å². The zero-order valence-corrected chi connectivity index (χ0v) is 17.0. The van der Waals surface area contributed by atoms with E-state index in [1.165, 1.54) is 33.4 Å². The van der Waals surface area contributed by atoms with Crippen molar-refractivity contribution in [3.63, 3.8) is 0 Å². The molecule has 1 unspecified atom stereocenters. The maximum atomic E-state index is 13.7. The van der Waals surface area contributed by atoms with E-state index in [9.17, 15) is 14.0 Å². The lowest BCUT2D eigenvalue weighted by Crippen LogP contribution is -2.50. The second kappa shape index (κ2) is 8.83. The molecule has 0 saturated carbocycles. The van der Waals surface area contributed by atoms with Gasteiger partial charge in [0.05, 0.1) is 18.2 Å². The summed E-state index contributed by atoms with van der Waals surface area (Å²) in [4.78, 5) is 25.0. The molecule has 1 saturated heterocycles. The molecule has 1 amide bonds. The number of nitrogens with zero attached hydrogens (tertiary/aromatic N) is 1. The molecule has 1 aliphatic heterocycles. The van der Waals surface area contributed by atoms with E-state index in [1.54, 1.807) is 0 Å². The third kappa shape index (κ3) is 4.42. The van der Waals surface area contributed by atoms with Gasteiger partial charge in [0.25, 0.3) is 5.91 Å². The van der Waals surface area contributed by atoms with E-state index in [2.05, 4.69) is 36.5 Å². The van der Waals surface area contributed by atoms with Crippen LogP contribution in [0.3, 0.4) is 0 Å². The van der Waals surface area contributed by atoms with E-state index in [0.29, 0.717) is 12.2 Å². The Balaban J connectivity index is 1.46. The van der Waals surface area contributed by atoms with Crippen molar-refractivity contribution in [3.05, 3.63) is 77.6 Å². The van der Waals surface area contributed by atoms with Crippen LogP contribution in [0.2, 0.25) is 0 Å². The van der Waals surface area contributed by atoms with E-state index < -0.39 is 17.3 Å². The lowest BCUT2D eigenvalue weighted by Gasteiger charge is -2.33. The SMILES string of the molecule is C[C@@H](NCC1CN(c2ccc(F)c(C(=O)O)c2)C(=O)CO1)c1cccc2ccccc12. The monoisotopic (exact) mass is 422 g/mol. The number of benzene rings is 3. The minimum absolute atomic E-state index is 0.0604. The fourth-order valence-corrected chi connectivity index (χ4v) is 3.89. The van der Waals surface area contributed by atoms with Crippen molar-refractivity contribution in [3.8, 4) is 0 Å². The summed E-state index contributed by atoms with van der Waals surface area (Å²) in [5.41, 5.74) is 1.06. The molecule has 1 heterocycles. The molecule has 0 spiro atoms. The molecule has 0 radical (unpaired) electrons. The molecule has 31 heavy (non-hydrogen) atoms. The van der Waals surface area contributed by atoms with Crippen LogP contribution >= 0.6 is 0 Å². The van der Waals surface area contributed by atoms with Gasteiger partial charge in [0.2, 0.25) is 0 Å². The lowest BCUT2D eigenvalue weighted by molar-refractivity contribution is -0.129. The number of aromatic carboxylic acids is 1. The van der Waals surface area contributed by atoms with Gasteiger partial charge in [-0.2, -0.15) is 0 Å². The lowest BCUT2D eigenvalue weighted by atomic mass is 9.99. The van der Waals surface area contributed by atoms with Crippen LogP contribution in [-0.4, -0.2) is 42.8 Å². The van der Waals surface area contributed by atoms with Crippen LogP contribution in [0.1, 0.15) is 28.9 Å². The van der Waals surface area contributed by atoms with Gasteiger partial charge in [-0.25, -0.2) is 9.18 Å². The largest absolute Gasteiger partial charge is 0.478 e. The van der Waals surface area contributed by atoms with Crippen molar-refractivity contribution in [1.82, 2.24) is 5.32 Å². The maximum Gasteiger partial charge on any atom is 0.338 e. The number of hydrogen-bond acceptors (Lipinski definition) is 4. The Morgan fingerprint density at radius 2 is 2.00 bits per heavy atom. The van der Waals surface area contributed by atoms with Crippen molar-refractivity contribution < 1.29 is 23.8 Å². The number of carbonyl (C=O) groups excluding carboxylic acids is 1. The summed E-state index contributed by atoms with van der Waals surface area (Å²) in [5.74, 6) is -2.50. The minimum atomic E-state index is -1.37. The van der Waals surface area contributed by atoms with Gasteiger partial charge in [-0.1, -0.05) is 42.5 Å². The third-order valence-electron chi connectivity index (χ3n) is 5.56. The summed E-state index contributed by atoms with van der Waals surface area (Å²) in [6.07, 6.45) is -0.284. The van der Waals surface area contributed by atoms with E-state index in [-0.39, 0.29) is 31.2 Å². The number of halogens is 1. The van der Waals surface area contributed by atoms with E-state index >= 15 is 0 Å². The van der Waals surface area contributed by atoms with Gasteiger partial charge in [0.1, 0.15) is 12.4 Å². The first-order valence-corrected chi connectivity index (χ1v) is 10.1. The molecule has 6 nitrogen and oxygen atoms in total. The Bertz CT molecular complexity index is 1130. The molecule has 0 aliphatic carbocycles. The number of carbonyl (C=O) groups is 2. The summed E-state index contributed by atoms with van der Waals surface area (Å²) < 4.78 is 19.4. The van der Waals surface area contributed by atoms with Gasteiger partial charge in [-0.3, -0.25) is 4.79 Å². The Morgan fingerprint density at radius 1 is 1.23 bits per heavy atom. The summed E-state index contributed by atoms with van der Waals surface area (Å²) in [7, 11) is 0. The number of rotatable bonds is 6. The number of amides is 1. The predicted molar refractivity (Wildman–Crippen MR) is 116 cm³/mol. The Hall–Kier alpha value is -3.29. The molecular weight excluding hydrogens is 399 g/mol. The molecule has 4 rings (SSSR count). The van der Waals surface area contributed by atoms with Crippen molar-refractivity contribution in [2.24, 2.45) is 0 Å². The highest BCUT2D eigenvalue weighted by Crippen LogP contribution is 2.25. The standard InChI is InChI=1S/C24H23FN2O4/c1-15(19-8-4-6-16-5-2-3-7-20(16)19)26-12-18-13-27(23(28)14-31-18)17-9-10-22(25)21(11-17)24(29)30/h2-11,15,18,26H,12-14H2,1H3,(H,29,30)/t15-,18?/m1/s1. The number of ether oxygens (including phenoxy) is 1. The molecule has 0 bridgehead atoms. The first-order valence-electron chi connectivity index (χ1n) is 10.1. The van der Waals surface area contributed by atoms with Crippen molar-refractivity contribution in [2.45, 2.75) is 19.1 Å². The number of nitrogens with one attached hydrogen (secondary N) is 1. The van der Waals surface area contributed by atoms with Gasteiger partial charge in [-0.15, -0.1) is 0 Å². The number of anilines is 1. The van der Waals surface area contributed by atoms with Crippen LogP contribution in [0.25, 0.3) is 10.8 Å². The second-order valence-corrected chi connectivity index (χ2v) is 7.60. The molecule has 0 aromatic heterocycles. The highest BCUT2D eigenvalue weighted by atomic mass is 19.1. The summed E-state index contributed by atoms with van der Waals surface area (Å²) in [6.45, 7) is 2.71. The van der Waals surface area contributed by atoms with Gasteiger partial charge >= 0.3 is 5.97 Å². The van der Waals surface area contributed by atoms with Crippen molar-refractivity contribution >= 4 is 28.3 Å². The molecule has 3 aromatic rings. The Kier molecular flexibility index (Phi) is 5.97. The van der Waals surface area contributed by atoms with Crippen LogP contribution < -0.4 is 10.2 Å². The van der Waals surface area contributed by atoms with Crippen LogP contribution in [0.4, 0.5) is 10.1 Å². The minimum Gasteiger partial charge on any atom is -0.478 e. The van der Waals surface area contributed by atoms with Gasteiger partial charge < -0.3 is 20.1 Å². The zero-order chi connectivity index (χ0) is 22.0. The summed E-state index contributed by atoms with van der Waals surface area (Å²) in [6, 6.07) is 18.1. The molecular formula is C24H23FN2O4. The normalized spacial score (nSPS) is 17.7. The molecule has 2 atom stereocenters. The van der Waals surface area contributed by atoms with Gasteiger partial charge in [0, 0.05) is 18.3 Å². The molecule has 1 aliphatic rings. The Morgan fingerprint density at radius 3 is 2.81 bits per heavy atom. The first kappa shape index (κ1) is 21.0.